The number of carboxylic acid groups (broad SMARTS) is 1. The van der Waals surface area contributed by atoms with Crippen molar-refractivity contribution in [3.05, 3.63) is 131 Å². The summed E-state index contributed by atoms with van der Waals surface area (Å²) in [7, 11) is 0. The van der Waals surface area contributed by atoms with Gasteiger partial charge >= 0.3 is 5.97 Å². The van der Waals surface area contributed by atoms with Crippen LogP contribution >= 0.6 is 11.8 Å². The van der Waals surface area contributed by atoms with Gasteiger partial charge in [-0.1, -0.05) is 84.9 Å². The van der Waals surface area contributed by atoms with Crippen LogP contribution in [0.3, 0.4) is 0 Å². The number of carbonyl (C=O) groups excluding carboxylic acids is 5. The molecule has 57 heavy (non-hydrogen) atoms. The Hall–Kier alpha value is -6.41. The normalized spacial score (nSPS) is 22.3. The molecule has 13 nitrogen and oxygen atoms in total. The SMILES string of the molecule is O=C1CCC(=O)NC(C2CC=CS2)C(=O)N[C@@H](Cc2ccc(-c3ccccc3)cc2)C(=O)N[C@H](Cc2ccc(O)cc2)C(=O)N[C@H](C(=O)O)Cc2ccc(cc2)N1. The van der Waals surface area contributed by atoms with Gasteiger partial charge in [-0.3, -0.25) is 24.0 Å². The van der Waals surface area contributed by atoms with Gasteiger partial charge in [-0.05, 0) is 63.9 Å². The number of hydrogen-bond donors (Lipinski definition) is 7. The van der Waals surface area contributed by atoms with E-state index in [1.807, 2.05) is 66.1 Å². The molecule has 2 unspecified atom stereocenters. The highest BCUT2D eigenvalue weighted by Gasteiger charge is 2.35. The topological polar surface area (TPSA) is 203 Å². The number of hydrogen-bond acceptors (Lipinski definition) is 8. The van der Waals surface area contributed by atoms with Crippen molar-refractivity contribution in [1.82, 2.24) is 21.3 Å². The third-order valence-electron chi connectivity index (χ3n) is 9.70. The zero-order chi connectivity index (χ0) is 40.3. The number of nitrogens with one attached hydrogen (secondary N) is 5. The molecule has 4 aromatic carbocycles. The lowest BCUT2D eigenvalue weighted by Gasteiger charge is -2.28. The summed E-state index contributed by atoms with van der Waals surface area (Å²) in [4.78, 5) is 81.0. The Balaban J connectivity index is 1.34. The Morgan fingerprint density at radius 1 is 0.649 bits per heavy atom. The average molecular weight is 790 g/mol. The lowest BCUT2D eigenvalue weighted by atomic mass is 9.99. The van der Waals surface area contributed by atoms with E-state index in [0.717, 1.165) is 11.1 Å². The highest BCUT2D eigenvalue weighted by atomic mass is 32.2. The number of benzene rings is 4. The zero-order valence-corrected chi connectivity index (χ0v) is 31.7. The van der Waals surface area contributed by atoms with E-state index in [1.165, 1.54) is 23.9 Å². The number of fused-ring (bicyclic) bond motifs is 18. The van der Waals surface area contributed by atoms with Crippen molar-refractivity contribution in [3.63, 3.8) is 0 Å². The van der Waals surface area contributed by atoms with Crippen molar-refractivity contribution < 1.29 is 39.0 Å². The van der Waals surface area contributed by atoms with Crippen LogP contribution in [0.25, 0.3) is 11.1 Å². The van der Waals surface area contributed by atoms with Crippen LogP contribution in [0.5, 0.6) is 5.75 Å². The predicted octanol–water partition coefficient (Wildman–Crippen LogP) is 3.86. The summed E-state index contributed by atoms with van der Waals surface area (Å²) >= 11 is 1.36. The monoisotopic (exact) mass is 789 g/mol. The van der Waals surface area contributed by atoms with Crippen LogP contribution in [-0.4, -0.2) is 75.1 Å². The minimum Gasteiger partial charge on any atom is -0.508 e. The standard InChI is InChI=1S/C43H43N5O8S/c49-32-18-12-28(13-19-32)24-33-41(53)47-35(43(55)56)25-27-10-16-31(17-11-27)44-37(50)20-21-38(51)48-39(36-7-4-22-57-36)42(54)46-34(40(52)45-33)23-26-8-14-30(15-9-26)29-5-2-1-3-6-29/h1-6,8-19,22,33-36,39,49H,7,20-21,23-25H2,(H,44,50)(H,45,52)(H,46,54)(H,47,53)(H,48,51)(H,55,56)/t33-,34+,35+,36?,39?/m1/s1. The molecular weight excluding hydrogens is 747 g/mol. The predicted molar refractivity (Wildman–Crippen MR) is 216 cm³/mol. The van der Waals surface area contributed by atoms with E-state index in [4.69, 9.17) is 0 Å². The van der Waals surface area contributed by atoms with Gasteiger partial charge in [0.2, 0.25) is 29.5 Å². The van der Waals surface area contributed by atoms with E-state index in [0.29, 0.717) is 28.8 Å². The molecule has 0 aliphatic carbocycles. The Kier molecular flexibility index (Phi) is 13.4. The Bertz CT molecular complexity index is 2100. The van der Waals surface area contributed by atoms with Crippen LogP contribution in [0, 0.1) is 0 Å². The highest BCUT2D eigenvalue weighted by molar-refractivity contribution is 8.03. The van der Waals surface area contributed by atoms with Crippen LogP contribution in [-0.2, 0) is 48.0 Å². The number of carbonyl (C=O) groups is 6. The number of aliphatic carboxylic acids is 1. The number of amides is 5. The fraction of sp³-hybridized carbons (Fsp3) is 0.256. The number of allylic oxidation sites excluding steroid dienone is 1. The molecule has 2 bridgehead atoms. The summed E-state index contributed by atoms with van der Waals surface area (Å²) in [5, 5.41) is 35.1. The maximum atomic E-state index is 14.4. The molecule has 4 aromatic rings. The first kappa shape index (κ1) is 40.3. The van der Waals surface area contributed by atoms with Gasteiger partial charge in [-0.25, -0.2) is 4.79 Å². The molecule has 294 valence electrons. The van der Waals surface area contributed by atoms with Crippen molar-refractivity contribution in [2.24, 2.45) is 0 Å². The van der Waals surface area contributed by atoms with E-state index in [9.17, 15) is 39.0 Å². The van der Waals surface area contributed by atoms with Gasteiger partial charge in [-0.15, -0.1) is 11.8 Å². The van der Waals surface area contributed by atoms with Crippen LogP contribution in [0.15, 0.2) is 115 Å². The zero-order valence-electron chi connectivity index (χ0n) is 30.9. The highest BCUT2D eigenvalue weighted by Crippen LogP contribution is 2.27. The molecular formula is C43H43N5O8S. The number of rotatable bonds is 7. The fourth-order valence-electron chi connectivity index (χ4n) is 6.59. The number of aromatic hydroxyl groups is 1. The van der Waals surface area contributed by atoms with Gasteiger partial charge in [0.05, 0.1) is 0 Å². The van der Waals surface area contributed by atoms with E-state index in [-0.39, 0.29) is 37.9 Å². The Morgan fingerprint density at radius 2 is 1.23 bits per heavy atom. The Morgan fingerprint density at radius 3 is 1.84 bits per heavy atom. The molecule has 0 saturated carbocycles. The first-order chi connectivity index (χ1) is 27.5. The number of phenols is 1. The summed E-state index contributed by atoms with van der Waals surface area (Å²) < 4.78 is 0. The quantitative estimate of drug-likeness (QED) is 0.136. The Labute approximate surface area is 333 Å². The van der Waals surface area contributed by atoms with E-state index < -0.39 is 64.9 Å². The molecule has 5 amide bonds. The molecule has 3 heterocycles. The first-order valence-corrected chi connectivity index (χ1v) is 19.5. The number of anilines is 1. The molecule has 14 heteroatoms. The van der Waals surface area contributed by atoms with Gasteiger partial charge < -0.3 is 36.8 Å². The molecule has 3 aliphatic rings. The summed E-state index contributed by atoms with van der Waals surface area (Å²) in [6.07, 6.45) is 1.79. The van der Waals surface area contributed by atoms with E-state index in [2.05, 4.69) is 26.6 Å². The minimum atomic E-state index is -1.39. The van der Waals surface area contributed by atoms with Crippen molar-refractivity contribution in [2.45, 2.75) is 67.9 Å². The van der Waals surface area contributed by atoms with Gasteiger partial charge in [0.15, 0.2) is 0 Å². The smallest absolute Gasteiger partial charge is 0.326 e. The molecule has 0 fully saturated rings. The van der Waals surface area contributed by atoms with Gasteiger partial charge in [0.25, 0.3) is 0 Å². The average Bonchev–Trinajstić information content (AvgIpc) is 3.75. The molecule has 0 spiro atoms. The van der Waals surface area contributed by atoms with Crippen molar-refractivity contribution in [1.29, 1.82) is 0 Å². The summed E-state index contributed by atoms with van der Waals surface area (Å²) in [6, 6.07) is 24.6. The molecule has 5 atom stereocenters. The molecule has 0 saturated heterocycles. The van der Waals surface area contributed by atoms with Gasteiger partial charge in [0, 0.05) is 43.0 Å². The second-order valence-electron chi connectivity index (χ2n) is 13.9. The van der Waals surface area contributed by atoms with Crippen LogP contribution in [0.2, 0.25) is 0 Å². The van der Waals surface area contributed by atoms with Crippen LogP contribution in [0.1, 0.15) is 36.0 Å². The first-order valence-electron chi connectivity index (χ1n) is 18.6. The fourth-order valence-corrected chi connectivity index (χ4v) is 7.59. The molecule has 0 aromatic heterocycles. The number of phenolic OH excluding ortho intramolecular Hbond substituents is 1. The van der Waals surface area contributed by atoms with Gasteiger partial charge in [0.1, 0.15) is 29.9 Å². The minimum absolute atomic E-state index is 0.00463. The number of thioether (sulfide) groups is 1. The molecule has 7 N–H and O–H groups in total. The van der Waals surface area contributed by atoms with Crippen molar-refractivity contribution in [2.75, 3.05) is 5.32 Å². The third-order valence-corrected chi connectivity index (χ3v) is 10.9. The van der Waals surface area contributed by atoms with Crippen LogP contribution in [0.4, 0.5) is 5.69 Å². The summed E-state index contributed by atoms with van der Waals surface area (Å²) in [5.41, 5.74) is 4.17. The second-order valence-corrected chi connectivity index (χ2v) is 15.1. The lowest BCUT2D eigenvalue weighted by molar-refractivity contribution is -0.142. The van der Waals surface area contributed by atoms with Crippen molar-refractivity contribution >= 4 is 53.0 Å². The molecule has 3 aliphatic heterocycles. The number of carboxylic acids is 1. The third kappa shape index (κ3) is 11.3. The summed E-state index contributed by atoms with van der Waals surface area (Å²) in [5.74, 6) is -4.41. The second kappa shape index (κ2) is 19.0. The maximum Gasteiger partial charge on any atom is 0.326 e. The van der Waals surface area contributed by atoms with Crippen LogP contribution < -0.4 is 26.6 Å². The van der Waals surface area contributed by atoms with Crippen molar-refractivity contribution in [3.8, 4) is 16.9 Å². The lowest BCUT2D eigenvalue weighted by Crippen LogP contribution is -2.60. The van der Waals surface area contributed by atoms with Gasteiger partial charge in [-0.2, -0.15) is 0 Å². The molecule has 0 radical (unpaired) electrons. The molecule has 7 rings (SSSR count). The maximum absolute atomic E-state index is 14.4. The largest absolute Gasteiger partial charge is 0.508 e. The van der Waals surface area contributed by atoms with E-state index in [1.54, 1.807) is 36.4 Å². The van der Waals surface area contributed by atoms with E-state index >= 15 is 0 Å². The summed E-state index contributed by atoms with van der Waals surface area (Å²) in [6.45, 7) is 0.